The first kappa shape index (κ1) is 27.0. The van der Waals surface area contributed by atoms with Gasteiger partial charge in [-0.2, -0.15) is 0 Å². The first-order chi connectivity index (χ1) is 17.5. The third kappa shape index (κ3) is 6.45. The Labute approximate surface area is 221 Å². The predicted octanol–water partition coefficient (Wildman–Crippen LogP) is 5.12. The molecule has 0 bridgehead atoms. The Morgan fingerprint density at radius 3 is 2.24 bits per heavy atom. The van der Waals surface area contributed by atoms with Gasteiger partial charge in [0.1, 0.15) is 11.4 Å². The van der Waals surface area contributed by atoms with E-state index in [2.05, 4.69) is 36.9 Å². The van der Waals surface area contributed by atoms with E-state index in [1.807, 2.05) is 49.9 Å². The zero-order chi connectivity index (χ0) is 26.8. The van der Waals surface area contributed by atoms with Crippen molar-refractivity contribution in [2.75, 3.05) is 33.3 Å². The molecule has 2 aliphatic heterocycles. The first-order valence-corrected chi connectivity index (χ1v) is 13.2. The zero-order valence-corrected chi connectivity index (χ0v) is 23.2. The van der Waals surface area contributed by atoms with Crippen molar-refractivity contribution in [3.63, 3.8) is 0 Å². The van der Waals surface area contributed by atoms with Gasteiger partial charge in [-0.15, -0.1) is 0 Å². The fourth-order valence-electron chi connectivity index (χ4n) is 5.08. The highest BCUT2D eigenvalue weighted by Gasteiger charge is 2.35. The topological polar surface area (TPSA) is 62.3 Å². The van der Waals surface area contributed by atoms with Crippen LogP contribution in [0.15, 0.2) is 42.5 Å². The number of carbonyl (C=O) groups is 2. The summed E-state index contributed by atoms with van der Waals surface area (Å²) in [5.41, 5.74) is 3.87. The zero-order valence-electron chi connectivity index (χ0n) is 23.2. The number of amides is 2. The molecule has 0 spiro atoms. The smallest absolute Gasteiger partial charge is 0.410 e. The lowest BCUT2D eigenvalue weighted by atomic mass is 9.93. The van der Waals surface area contributed by atoms with Crippen molar-refractivity contribution in [3.8, 4) is 5.75 Å². The minimum atomic E-state index is -0.526. The Hall–Kier alpha value is -3.06. The summed E-state index contributed by atoms with van der Waals surface area (Å²) in [6.07, 6.45) is 1.65. The second kappa shape index (κ2) is 10.7. The van der Waals surface area contributed by atoms with Crippen molar-refractivity contribution < 1.29 is 19.1 Å². The van der Waals surface area contributed by atoms with Crippen LogP contribution in [0.5, 0.6) is 5.75 Å². The molecule has 2 aromatic rings. The molecule has 0 unspecified atom stereocenters. The molecule has 2 heterocycles. The lowest BCUT2D eigenvalue weighted by Gasteiger charge is -2.36. The molecule has 1 fully saturated rings. The van der Waals surface area contributed by atoms with E-state index in [0.717, 1.165) is 42.8 Å². The molecule has 200 valence electrons. The predicted molar refractivity (Wildman–Crippen MR) is 145 cm³/mol. The Kier molecular flexibility index (Phi) is 7.83. The molecule has 1 saturated heterocycles. The van der Waals surface area contributed by atoms with Gasteiger partial charge in [-0.3, -0.25) is 9.69 Å². The van der Waals surface area contributed by atoms with E-state index in [1.54, 1.807) is 12.0 Å². The number of piperazine rings is 1. The van der Waals surface area contributed by atoms with Crippen LogP contribution in [-0.2, 0) is 24.2 Å². The Morgan fingerprint density at radius 2 is 1.57 bits per heavy atom. The molecule has 0 aromatic heterocycles. The maximum atomic E-state index is 13.6. The van der Waals surface area contributed by atoms with Gasteiger partial charge in [0.2, 0.25) is 0 Å². The van der Waals surface area contributed by atoms with Crippen molar-refractivity contribution in [1.82, 2.24) is 14.7 Å². The van der Waals surface area contributed by atoms with Crippen LogP contribution in [-0.4, -0.2) is 71.1 Å². The summed E-state index contributed by atoms with van der Waals surface area (Å²) >= 11 is 0. The average molecular weight is 508 g/mol. The standard InChI is InChI=1S/C30H41N3O4/c1-29(2,3)37-28(35)32-17-15-31(16-18-32)27(34)25-12-8-10-23-20-33(21-26(23)25)30(4,5)14-13-22-9-7-11-24(19-22)36-6/h7-12,19H,13-18,20-21H2,1-6H3. The third-order valence-corrected chi connectivity index (χ3v) is 7.45. The summed E-state index contributed by atoms with van der Waals surface area (Å²) in [5, 5.41) is 0. The van der Waals surface area contributed by atoms with Gasteiger partial charge >= 0.3 is 6.09 Å². The average Bonchev–Trinajstić information content (AvgIpc) is 3.32. The second-order valence-electron chi connectivity index (χ2n) is 11.7. The highest BCUT2D eigenvalue weighted by atomic mass is 16.6. The molecular weight excluding hydrogens is 466 g/mol. The largest absolute Gasteiger partial charge is 0.497 e. The van der Waals surface area contributed by atoms with Crippen molar-refractivity contribution >= 4 is 12.0 Å². The summed E-state index contributed by atoms with van der Waals surface area (Å²) in [4.78, 5) is 32.0. The maximum absolute atomic E-state index is 13.6. The lowest BCUT2D eigenvalue weighted by molar-refractivity contribution is 0.0140. The molecule has 4 rings (SSSR count). The molecular formula is C30H41N3O4. The van der Waals surface area contributed by atoms with Crippen molar-refractivity contribution in [2.45, 2.75) is 71.7 Å². The number of hydrogen-bond acceptors (Lipinski definition) is 5. The summed E-state index contributed by atoms with van der Waals surface area (Å²) in [6.45, 7) is 13.8. The lowest BCUT2D eigenvalue weighted by Crippen LogP contribution is -2.51. The second-order valence-corrected chi connectivity index (χ2v) is 11.7. The molecule has 0 radical (unpaired) electrons. The summed E-state index contributed by atoms with van der Waals surface area (Å²) in [5.74, 6) is 0.940. The number of ether oxygens (including phenoxy) is 2. The minimum absolute atomic E-state index is 0.0263. The van der Waals surface area contributed by atoms with Crippen LogP contribution >= 0.6 is 0 Å². The number of aryl methyl sites for hydroxylation is 1. The summed E-state index contributed by atoms with van der Waals surface area (Å²) < 4.78 is 10.9. The number of hydrogen-bond donors (Lipinski definition) is 0. The fraction of sp³-hybridized carbons (Fsp3) is 0.533. The normalized spacial score (nSPS) is 16.5. The van der Waals surface area contributed by atoms with Gasteiger partial charge in [0.05, 0.1) is 7.11 Å². The molecule has 0 atom stereocenters. The first-order valence-electron chi connectivity index (χ1n) is 13.2. The molecule has 37 heavy (non-hydrogen) atoms. The van der Waals surface area contributed by atoms with Gasteiger partial charge in [0.25, 0.3) is 5.91 Å². The molecule has 0 saturated carbocycles. The fourth-order valence-corrected chi connectivity index (χ4v) is 5.08. The number of benzene rings is 2. The van der Waals surface area contributed by atoms with Gasteiger partial charge in [-0.1, -0.05) is 24.3 Å². The molecule has 2 aliphatic rings. The number of methoxy groups -OCH3 is 1. The maximum Gasteiger partial charge on any atom is 0.410 e. The van der Waals surface area contributed by atoms with Crippen LogP contribution in [0.25, 0.3) is 0 Å². The van der Waals surface area contributed by atoms with Crippen molar-refractivity contribution in [3.05, 3.63) is 64.7 Å². The highest BCUT2D eigenvalue weighted by molar-refractivity contribution is 5.96. The Bertz CT molecular complexity index is 1130. The number of nitrogens with zero attached hydrogens (tertiary/aromatic N) is 3. The van der Waals surface area contributed by atoms with Crippen molar-refractivity contribution in [1.29, 1.82) is 0 Å². The van der Waals surface area contributed by atoms with Crippen LogP contribution in [0.1, 0.15) is 68.1 Å². The van der Waals surface area contributed by atoms with Gasteiger partial charge in [0, 0.05) is 50.4 Å². The monoisotopic (exact) mass is 507 g/mol. The third-order valence-electron chi connectivity index (χ3n) is 7.45. The van der Waals surface area contributed by atoms with E-state index in [0.29, 0.717) is 26.2 Å². The van der Waals surface area contributed by atoms with E-state index < -0.39 is 5.60 Å². The van der Waals surface area contributed by atoms with Gasteiger partial charge in [-0.05, 0) is 82.3 Å². The van der Waals surface area contributed by atoms with Crippen LogP contribution in [0.3, 0.4) is 0 Å². The Balaban J connectivity index is 1.38. The van der Waals surface area contributed by atoms with E-state index >= 15 is 0 Å². The van der Waals surface area contributed by atoms with Crippen LogP contribution in [0.4, 0.5) is 4.79 Å². The summed E-state index contributed by atoms with van der Waals surface area (Å²) in [6, 6.07) is 14.4. The van der Waals surface area contributed by atoms with Crippen molar-refractivity contribution in [2.24, 2.45) is 0 Å². The minimum Gasteiger partial charge on any atom is -0.497 e. The Morgan fingerprint density at radius 1 is 0.892 bits per heavy atom. The number of rotatable bonds is 6. The van der Waals surface area contributed by atoms with E-state index in [1.165, 1.54) is 11.1 Å². The summed E-state index contributed by atoms with van der Waals surface area (Å²) in [7, 11) is 1.70. The van der Waals surface area contributed by atoms with E-state index in [-0.39, 0.29) is 17.5 Å². The molecule has 7 heteroatoms. The van der Waals surface area contributed by atoms with Crippen LogP contribution in [0.2, 0.25) is 0 Å². The SMILES string of the molecule is COc1cccc(CCC(C)(C)N2Cc3cccc(C(=O)N4CCN(C(=O)OC(C)(C)C)CC4)c3C2)c1. The quantitative estimate of drug-likeness (QED) is 0.543. The highest BCUT2D eigenvalue weighted by Crippen LogP contribution is 2.34. The van der Waals surface area contributed by atoms with Crippen LogP contribution in [0, 0.1) is 0 Å². The van der Waals surface area contributed by atoms with Gasteiger partial charge in [-0.25, -0.2) is 4.79 Å². The van der Waals surface area contributed by atoms with E-state index in [9.17, 15) is 9.59 Å². The molecule has 7 nitrogen and oxygen atoms in total. The number of fused-ring (bicyclic) bond motifs is 1. The van der Waals surface area contributed by atoms with Gasteiger partial charge < -0.3 is 19.3 Å². The van der Waals surface area contributed by atoms with Gasteiger partial charge in [0.15, 0.2) is 0 Å². The molecule has 0 aliphatic carbocycles. The molecule has 0 N–H and O–H groups in total. The molecule has 2 amide bonds. The molecule has 2 aromatic carbocycles. The number of carbonyl (C=O) groups excluding carboxylic acids is 2. The van der Waals surface area contributed by atoms with Crippen LogP contribution < -0.4 is 4.74 Å². The van der Waals surface area contributed by atoms with E-state index in [4.69, 9.17) is 9.47 Å².